The van der Waals surface area contributed by atoms with Crippen molar-refractivity contribution in [2.75, 3.05) is 24.7 Å². The fraction of sp³-hybridized carbons (Fsp3) is 0.500. The van der Waals surface area contributed by atoms with Gasteiger partial charge in [0.15, 0.2) is 38.2 Å². The highest BCUT2D eigenvalue weighted by Gasteiger charge is 2.50. The number of aliphatic hydroxyl groups excluding tert-OH is 2. The van der Waals surface area contributed by atoms with E-state index in [-0.39, 0.29) is 47.0 Å². The van der Waals surface area contributed by atoms with Crippen molar-refractivity contribution < 1.29 is 52.4 Å². The summed E-state index contributed by atoms with van der Waals surface area (Å²) < 4.78 is 43.3. The summed E-state index contributed by atoms with van der Waals surface area (Å²) in [4.78, 5) is 55.6. The molecule has 21 nitrogen and oxygen atoms in total. The first kappa shape index (κ1) is 31.6. The first-order valence-corrected chi connectivity index (χ1v) is 15.6. The lowest BCUT2D eigenvalue weighted by atomic mass is 9.97. The van der Waals surface area contributed by atoms with Gasteiger partial charge in [-0.25, -0.2) is 34.5 Å². The van der Waals surface area contributed by atoms with Crippen molar-refractivity contribution in [2.24, 2.45) is 5.92 Å². The van der Waals surface area contributed by atoms with Crippen LogP contribution in [0.2, 0.25) is 0 Å². The number of carbonyl (C=O) groups excluding carboxylic acids is 1. The van der Waals surface area contributed by atoms with Crippen LogP contribution in [-0.2, 0) is 32.4 Å². The highest BCUT2D eigenvalue weighted by molar-refractivity contribution is 7.47. The molecule has 4 aromatic heterocycles. The molecule has 0 radical (unpaired) electrons. The zero-order valence-corrected chi connectivity index (χ0v) is 24.8. The van der Waals surface area contributed by atoms with Crippen molar-refractivity contribution >= 4 is 57.1 Å². The number of phosphoric acid groups is 1. The van der Waals surface area contributed by atoms with Gasteiger partial charge in [0, 0.05) is 12.3 Å². The van der Waals surface area contributed by atoms with Crippen LogP contribution in [0.25, 0.3) is 22.3 Å². The molecule has 0 bridgehead atoms. The van der Waals surface area contributed by atoms with Gasteiger partial charge in [-0.3, -0.25) is 18.2 Å². The second-order valence-electron chi connectivity index (χ2n) is 10.1. The third kappa shape index (κ3) is 6.00. The van der Waals surface area contributed by atoms with Gasteiger partial charge in [-0.2, -0.15) is 0 Å². The molecule has 0 aromatic carbocycles. The molecule has 2 aliphatic heterocycles. The Labute approximate surface area is 254 Å². The Morgan fingerprint density at radius 3 is 2.11 bits per heavy atom. The number of aromatic nitrogens is 8. The van der Waals surface area contributed by atoms with Crippen LogP contribution in [0.4, 0.5) is 11.6 Å². The van der Waals surface area contributed by atoms with Crippen LogP contribution in [0, 0.1) is 5.92 Å². The number of aliphatic hydroxyl groups is 2. The van der Waals surface area contributed by atoms with E-state index in [4.69, 9.17) is 34.5 Å². The molecular formula is C22H28N10O11P2. The fourth-order valence-electron chi connectivity index (χ4n) is 5.38. The molecule has 10 atom stereocenters. The van der Waals surface area contributed by atoms with Crippen molar-refractivity contribution in [1.29, 1.82) is 0 Å². The minimum atomic E-state index is -4.99. The number of phosphoric ester groups is 1. The molecule has 2 aliphatic rings. The van der Waals surface area contributed by atoms with E-state index in [1.807, 2.05) is 0 Å². The number of carbonyl (C=O) groups is 1. The maximum atomic E-state index is 13.1. The van der Waals surface area contributed by atoms with E-state index in [0.29, 0.717) is 6.29 Å². The minimum Gasteiger partial charge on any atom is -0.390 e. The van der Waals surface area contributed by atoms with E-state index in [9.17, 15) is 29.4 Å². The molecule has 8 N–H and O–H groups in total. The van der Waals surface area contributed by atoms with E-state index >= 15 is 0 Å². The van der Waals surface area contributed by atoms with Crippen LogP contribution >= 0.6 is 16.9 Å². The van der Waals surface area contributed by atoms with Crippen LogP contribution in [0.1, 0.15) is 18.9 Å². The predicted molar refractivity (Wildman–Crippen MR) is 151 cm³/mol. The Morgan fingerprint density at radius 2 is 1.51 bits per heavy atom. The quantitative estimate of drug-likeness (QED) is 0.0743. The van der Waals surface area contributed by atoms with Crippen molar-refractivity contribution in [1.82, 2.24) is 39.0 Å². The number of nitrogen functional groups attached to an aromatic ring is 2. The average molecular weight is 670 g/mol. The predicted octanol–water partition coefficient (Wildman–Crippen LogP) is -1.43. The van der Waals surface area contributed by atoms with Gasteiger partial charge in [0.1, 0.15) is 60.6 Å². The van der Waals surface area contributed by atoms with E-state index in [1.54, 1.807) is 0 Å². The molecule has 45 heavy (non-hydrogen) atoms. The monoisotopic (exact) mass is 670 g/mol. The summed E-state index contributed by atoms with van der Waals surface area (Å²) in [7, 11) is -5.94. The summed E-state index contributed by atoms with van der Waals surface area (Å²) in [6, 6.07) is 0. The summed E-state index contributed by atoms with van der Waals surface area (Å²) in [5.41, 5.74) is 12.7. The summed E-state index contributed by atoms with van der Waals surface area (Å²) in [6.07, 6.45) is -3.42. The smallest absolute Gasteiger partial charge is 0.390 e. The number of imidazole rings is 2. The van der Waals surface area contributed by atoms with Crippen LogP contribution in [-0.4, -0.2) is 109 Å². The Morgan fingerprint density at radius 1 is 0.911 bits per heavy atom. The fourth-order valence-corrected chi connectivity index (χ4v) is 6.58. The Bertz CT molecular complexity index is 1730. The first-order chi connectivity index (χ1) is 21.6. The number of nitrogens with two attached hydrogens (primary N) is 2. The lowest BCUT2D eigenvalue weighted by Gasteiger charge is -2.24. The maximum absolute atomic E-state index is 13.1. The number of fused-ring (bicyclic) bond motifs is 2. The van der Waals surface area contributed by atoms with E-state index in [2.05, 4.69) is 29.9 Å². The van der Waals surface area contributed by atoms with Crippen LogP contribution in [0.5, 0.6) is 0 Å². The molecule has 0 spiro atoms. The molecule has 4 aromatic rings. The van der Waals surface area contributed by atoms with Crippen molar-refractivity contribution in [3.8, 4) is 0 Å². The molecular weight excluding hydrogens is 642 g/mol. The number of hydrogen-bond donors (Lipinski definition) is 6. The maximum Gasteiger partial charge on any atom is 0.472 e. The molecule has 2 unspecified atom stereocenters. The van der Waals surface area contributed by atoms with Crippen molar-refractivity contribution in [3.63, 3.8) is 0 Å². The van der Waals surface area contributed by atoms with Gasteiger partial charge in [-0.1, -0.05) is 0 Å². The average Bonchev–Trinajstić information content (AvgIpc) is 3.77. The van der Waals surface area contributed by atoms with Crippen molar-refractivity contribution in [2.45, 2.75) is 49.4 Å². The number of nitrogens with zero attached hydrogens (tertiary/aromatic N) is 8. The Kier molecular flexibility index (Phi) is 9.01. The third-order valence-corrected chi connectivity index (χ3v) is 8.75. The highest BCUT2D eigenvalue weighted by Crippen LogP contribution is 2.50. The minimum absolute atomic E-state index is 0.0845. The van der Waals surface area contributed by atoms with E-state index < -0.39 is 72.4 Å². The lowest BCUT2D eigenvalue weighted by Crippen LogP contribution is -2.36. The molecule has 0 amide bonds. The van der Waals surface area contributed by atoms with Crippen LogP contribution in [0.3, 0.4) is 0 Å². The molecule has 2 saturated heterocycles. The van der Waals surface area contributed by atoms with Gasteiger partial charge in [-0.15, -0.1) is 0 Å². The number of ether oxygens (including phenoxy) is 2. The topological polar surface area (TPSA) is 300 Å². The summed E-state index contributed by atoms with van der Waals surface area (Å²) in [5, 5.41) is 22.1. The largest absolute Gasteiger partial charge is 0.472 e. The molecule has 2 fully saturated rings. The van der Waals surface area contributed by atoms with Gasteiger partial charge in [0.05, 0.1) is 32.0 Å². The van der Waals surface area contributed by atoms with Crippen LogP contribution < -0.4 is 11.5 Å². The standard InChI is InChI=1S/C22H28N10O11P2/c23-17-12-19(27-5-25-17)31(7-29-12)21-9(1-2-33)14(34)10(41-21)4-40-45(37,38)43-16-11(3-39-44-36)42-22(15(16)35)32-8-30-13-18(24)26-6-28-20(13)32/h2,5-11,14-16,21-22,34-36,44H,1,3-4H2,(H,37,38)(H2,23,25,27)(H2,24,26,28)/t9-,10-,11-,14+,15-,16-,21-,22-/m1/s1. The zero-order chi connectivity index (χ0) is 31.9. The van der Waals surface area contributed by atoms with Gasteiger partial charge < -0.3 is 50.3 Å². The molecule has 23 heteroatoms. The number of rotatable bonds is 12. The first-order valence-electron chi connectivity index (χ1n) is 13.3. The van der Waals surface area contributed by atoms with Gasteiger partial charge in [0.2, 0.25) is 0 Å². The zero-order valence-electron chi connectivity index (χ0n) is 23.0. The molecule has 0 saturated carbocycles. The van der Waals surface area contributed by atoms with E-state index in [1.165, 1.54) is 34.4 Å². The second-order valence-corrected chi connectivity index (χ2v) is 12.0. The molecule has 0 aliphatic carbocycles. The van der Waals surface area contributed by atoms with Gasteiger partial charge >= 0.3 is 7.82 Å². The lowest BCUT2D eigenvalue weighted by molar-refractivity contribution is -0.110. The van der Waals surface area contributed by atoms with Gasteiger partial charge in [-0.05, 0) is 0 Å². The van der Waals surface area contributed by atoms with Crippen LogP contribution in [0.15, 0.2) is 25.3 Å². The number of aldehydes is 1. The van der Waals surface area contributed by atoms with Crippen molar-refractivity contribution in [3.05, 3.63) is 25.3 Å². The Balaban J connectivity index is 1.17. The molecule has 6 rings (SSSR count). The molecule has 6 heterocycles. The van der Waals surface area contributed by atoms with E-state index in [0.717, 1.165) is 0 Å². The third-order valence-electron chi connectivity index (χ3n) is 7.47. The highest BCUT2D eigenvalue weighted by atomic mass is 31.2. The van der Waals surface area contributed by atoms with Gasteiger partial charge in [0.25, 0.3) is 0 Å². The summed E-state index contributed by atoms with van der Waals surface area (Å²) >= 11 is 0. The summed E-state index contributed by atoms with van der Waals surface area (Å²) in [6.45, 7) is -0.984. The second kappa shape index (κ2) is 12.8. The summed E-state index contributed by atoms with van der Waals surface area (Å²) in [5.74, 6) is -0.607. The molecule has 242 valence electrons. The SMILES string of the molecule is Nc1ncnc2c1ncn2[C@@H]1O[C@H](COPO)[C@@H](OP(=O)(O)OC[C@H]2O[C@@H](n3cnc4c(N)ncnc43)[C@H](CC=O)[C@@H]2O)[C@H]1O. The Hall–Kier alpha value is -3.33. The number of hydrogen-bond acceptors (Lipinski definition) is 18. The number of anilines is 2. The normalized spacial score (nSPS) is 30.1.